The fraction of sp³-hybridized carbons (Fsp3) is 0.308. The van der Waals surface area contributed by atoms with Gasteiger partial charge in [-0.25, -0.2) is 13.8 Å². The van der Waals surface area contributed by atoms with Crippen LogP contribution < -0.4 is 5.73 Å². The fourth-order valence-electron chi connectivity index (χ4n) is 2.40. The highest BCUT2D eigenvalue weighted by atomic mass is 19.1. The van der Waals surface area contributed by atoms with Gasteiger partial charge in [0.05, 0.1) is 12.0 Å². The first-order valence-electron chi connectivity index (χ1n) is 5.89. The van der Waals surface area contributed by atoms with Gasteiger partial charge in [-0.3, -0.25) is 0 Å². The summed E-state index contributed by atoms with van der Waals surface area (Å²) in [6.07, 6.45) is 3.30. The van der Waals surface area contributed by atoms with Crippen molar-refractivity contribution in [1.29, 1.82) is 0 Å². The molecule has 1 aromatic carbocycles. The summed E-state index contributed by atoms with van der Waals surface area (Å²) < 4.78 is 28.5. The van der Waals surface area contributed by atoms with Crippen LogP contribution in [0.5, 0.6) is 0 Å². The summed E-state index contributed by atoms with van der Waals surface area (Å²) >= 11 is 0. The average molecular weight is 249 g/mol. The number of fused-ring (bicyclic) bond motifs is 1. The number of imidazole rings is 1. The summed E-state index contributed by atoms with van der Waals surface area (Å²) in [5.74, 6) is -1.18. The maximum Gasteiger partial charge on any atom is 0.126 e. The summed E-state index contributed by atoms with van der Waals surface area (Å²) in [5.41, 5.74) is 7.98. The molecule has 18 heavy (non-hydrogen) atoms. The molecular formula is C13H13F2N3. The van der Waals surface area contributed by atoms with Gasteiger partial charge in [-0.05, 0) is 18.6 Å². The quantitative estimate of drug-likeness (QED) is 0.841. The van der Waals surface area contributed by atoms with E-state index >= 15 is 0 Å². The summed E-state index contributed by atoms with van der Waals surface area (Å²) in [4.78, 5) is 4.26. The maximum absolute atomic E-state index is 13.2. The van der Waals surface area contributed by atoms with E-state index in [9.17, 15) is 8.78 Å². The molecule has 1 unspecified atom stereocenters. The van der Waals surface area contributed by atoms with Crippen LogP contribution in [0.1, 0.15) is 12.1 Å². The lowest BCUT2D eigenvalue weighted by Gasteiger charge is -2.21. The molecule has 0 fully saturated rings. The van der Waals surface area contributed by atoms with Gasteiger partial charge >= 0.3 is 0 Å². The van der Waals surface area contributed by atoms with Crippen LogP contribution in [0.3, 0.4) is 0 Å². The second kappa shape index (κ2) is 4.17. The molecule has 1 aliphatic rings. The molecular weight excluding hydrogens is 236 g/mol. The van der Waals surface area contributed by atoms with Crippen molar-refractivity contribution in [3.05, 3.63) is 41.9 Å². The van der Waals surface area contributed by atoms with E-state index in [0.717, 1.165) is 24.7 Å². The molecule has 5 heteroatoms. The van der Waals surface area contributed by atoms with Crippen molar-refractivity contribution in [2.75, 3.05) is 0 Å². The smallest absolute Gasteiger partial charge is 0.126 e. The van der Waals surface area contributed by atoms with E-state index in [-0.39, 0.29) is 6.04 Å². The van der Waals surface area contributed by atoms with Crippen molar-refractivity contribution in [2.24, 2.45) is 5.73 Å². The zero-order chi connectivity index (χ0) is 12.7. The Kier molecular flexibility index (Phi) is 2.63. The molecule has 3 nitrogen and oxygen atoms in total. The van der Waals surface area contributed by atoms with Gasteiger partial charge in [-0.15, -0.1) is 0 Å². The number of nitrogens with zero attached hydrogens (tertiary/aromatic N) is 2. The lowest BCUT2D eigenvalue weighted by Crippen LogP contribution is -2.30. The minimum absolute atomic E-state index is 0.0892. The van der Waals surface area contributed by atoms with E-state index in [2.05, 4.69) is 4.98 Å². The Morgan fingerprint density at radius 3 is 2.67 bits per heavy atom. The van der Waals surface area contributed by atoms with Gasteiger partial charge in [-0.1, -0.05) is 0 Å². The highest BCUT2D eigenvalue weighted by molar-refractivity contribution is 5.62. The van der Waals surface area contributed by atoms with Crippen LogP contribution in [0.2, 0.25) is 0 Å². The Bertz CT molecular complexity index is 572. The van der Waals surface area contributed by atoms with Gasteiger partial charge < -0.3 is 10.3 Å². The first kappa shape index (κ1) is 11.3. The number of halogens is 2. The van der Waals surface area contributed by atoms with Crippen LogP contribution in [-0.2, 0) is 13.0 Å². The topological polar surface area (TPSA) is 43.8 Å². The van der Waals surface area contributed by atoms with E-state index < -0.39 is 11.6 Å². The van der Waals surface area contributed by atoms with Gasteiger partial charge in [-0.2, -0.15) is 0 Å². The third-order valence-corrected chi connectivity index (χ3v) is 3.28. The largest absolute Gasteiger partial charge is 0.334 e. The third kappa shape index (κ3) is 1.90. The van der Waals surface area contributed by atoms with Crippen molar-refractivity contribution in [2.45, 2.75) is 25.4 Å². The molecule has 0 saturated heterocycles. The number of aryl methyl sites for hydroxylation is 1. The molecule has 0 radical (unpaired) electrons. The van der Waals surface area contributed by atoms with E-state index in [1.165, 1.54) is 12.1 Å². The Morgan fingerprint density at radius 1 is 1.22 bits per heavy atom. The monoisotopic (exact) mass is 249 g/mol. The van der Waals surface area contributed by atoms with Gasteiger partial charge in [0, 0.05) is 36.3 Å². The average Bonchev–Trinajstić information content (AvgIpc) is 2.70. The van der Waals surface area contributed by atoms with Gasteiger partial charge in [0.1, 0.15) is 11.6 Å². The normalized spacial score (nSPS) is 18.7. The highest BCUT2D eigenvalue weighted by Crippen LogP contribution is 2.27. The van der Waals surface area contributed by atoms with Crippen molar-refractivity contribution in [3.8, 4) is 11.3 Å². The van der Waals surface area contributed by atoms with E-state index in [0.29, 0.717) is 17.7 Å². The number of aromatic nitrogens is 2. The summed E-state index contributed by atoms with van der Waals surface area (Å²) in [6, 6.07) is 3.54. The maximum atomic E-state index is 13.2. The molecule has 0 aliphatic carbocycles. The molecule has 1 atom stereocenters. The molecule has 2 aromatic rings. The van der Waals surface area contributed by atoms with Crippen LogP contribution in [0.15, 0.2) is 24.5 Å². The Balaban J connectivity index is 2.09. The molecule has 1 aromatic heterocycles. The van der Waals surface area contributed by atoms with E-state index in [1.54, 1.807) is 6.33 Å². The summed E-state index contributed by atoms with van der Waals surface area (Å²) in [6.45, 7) is 0.807. The number of hydrogen-bond donors (Lipinski definition) is 1. The van der Waals surface area contributed by atoms with Crippen molar-refractivity contribution in [1.82, 2.24) is 9.55 Å². The molecule has 0 amide bonds. The van der Waals surface area contributed by atoms with E-state index in [1.807, 2.05) is 4.57 Å². The van der Waals surface area contributed by atoms with Crippen molar-refractivity contribution < 1.29 is 8.78 Å². The van der Waals surface area contributed by atoms with Crippen LogP contribution in [-0.4, -0.2) is 15.6 Å². The zero-order valence-corrected chi connectivity index (χ0v) is 9.74. The molecule has 0 saturated carbocycles. The standard InChI is InChI=1S/C13H13F2N3/c14-9-3-8(4-10(15)5-9)13-12-6-11(16)1-2-18(12)7-17-13/h3-5,7,11H,1-2,6,16H2. The lowest BCUT2D eigenvalue weighted by atomic mass is 10.0. The van der Waals surface area contributed by atoms with Gasteiger partial charge in [0.25, 0.3) is 0 Å². The minimum atomic E-state index is -0.591. The molecule has 94 valence electrons. The Labute approximate surface area is 103 Å². The first-order chi connectivity index (χ1) is 8.63. The highest BCUT2D eigenvalue weighted by Gasteiger charge is 2.21. The lowest BCUT2D eigenvalue weighted by molar-refractivity contribution is 0.472. The van der Waals surface area contributed by atoms with Crippen molar-refractivity contribution in [3.63, 3.8) is 0 Å². The SMILES string of the molecule is NC1CCn2cnc(-c3cc(F)cc(F)c3)c2C1. The minimum Gasteiger partial charge on any atom is -0.334 e. The molecule has 0 spiro atoms. The van der Waals surface area contributed by atoms with Gasteiger partial charge in [0.2, 0.25) is 0 Å². The molecule has 3 rings (SSSR count). The number of hydrogen-bond acceptors (Lipinski definition) is 2. The molecule has 2 heterocycles. The van der Waals surface area contributed by atoms with Crippen LogP contribution in [0, 0.1) is 11.6 Å². The zero-order valence-electron chi connectivity index (χ0n) is 9.74. The van der Waals surface area contributed by atoms with Gasteiger partial charge in [0.15, 0.2) is 0 Å². The molecule has 2 N–H and O–H groups in total. The number of nitrogens with two attached hydrogens (primary N) is 1. The second-order valence-electron chi connectivity index (χ2n) is 4.64. The van der Waals surface area contributed by atoms with Crippen molar-refractivity contribution >= 4 is 0 Å². The third-order valence-electron chi connectivity index (χ3n) is 3.28. The van der Waals surface area contributed by atoms with Crippen LogP contribution in [0.25, 0.3) is 11.3 Å². The predicted octanol–water partition coefficient (Wildman–Crippen LogP) is 2.10. The van der Waals surface area contributed by atoms with Crippen LogP contribution in [0.4, 0.5) is 8.78 Å². The summed E-state index contributed by atoms with van der Waals surface area (Å²) in [7, 11) is 0. The van der Waals surface area contributed by atoms with E-state index in [4.69, 9.17) is 5.73 Å². The second-order valence-corrected chi connectivity index (χ2v) is 4.64. The Hall–Kier alpha value is -1.75. The van der Waals surface area contributed by atoms with Crippen LogP contribution >= 0.6 is 0 Å². The number of benzene rings is 1. The first-order valence-corrected chi connectivity index (χ1v) is 5.89. The fourth-order valence-corrected chi connectivity index (χ4v) is 2.40. The Morgan fingerprint density at radius 2 is 1.94 bits per heavy atom. The predicted molar refractivity (Wildman–Crippen MR) is 63.9 cm³/mol. The molecule has 0 bridgehead atoms. The number of rotatable bonds is 1. The summed E-state index contributed by atoms with van der Waals surface area (Å²) in [5, 5.41) is 0. The molecule has 1 aliphatic heterocycles.